The Bertz CT molecular complexity index is 1320. The van der Waals surface area contributed by atoms with Crippen LogP contribution in [-0.4, -0.2) is 11.8 Å². The molecule has 0 bridgehead atoms. The van der Waals surface area contributed by atoms with Gasteiger partial charge < -0.3 is 16.0 Å². The van der Waals surface area contributed by atoms with Crippen LogP contribution in [0, 0.1) is 0 Å². The van der Waals surface area contributed by atoms with Crippen molar-refractivity contribution in [3.8, 4) is 0 Å². The van der Waals surface area contributed by atoms with E-state index in [4.69, 9.17) is 23.2 Å². The maximum absolute atomic E-state index is 12.7. The van der Waals surface area contributed by atoms with E-state index in [1.165, 1.54) is 0 Å². The summed E-state index contributed by atoms with van der Waals surface area (Å²) in [6.45, 7) is 0. The molecule has 0 spiro atoms. The summed E-state index contributed by atoms with van der Waals surface area (Å²) in [5.41, 5.74) is 4.58. The van der Waals surface area contributed by atoms with Crippen LogP contribution in [-0.2, 0) is 22.4 Å². The molecule has 0 atom stereocenters. The summed E-state index contributed by atoms with van der Waals surface area (Å²) in [5.74, 6) is -0.229. The number of halogens is 2. The average molecular weight is 518 g/mol. The molecule has 2 amide bonds. The summed E-state index contributed by atoms with van der Waals surface area (Å²) in [4.78, 5) is 25.0. The zero-order chi connectivity index (χ0) is 25.3. The van der Waals surface area contributed by atoms with Gasteiger partial charge in [-0.15, -0.1) is 0 Å². The summed E-state index contributed by atoms with van der Waals surface area (Å²) in [5, 5.41) is 10.0. The predicted molar refractivity (Wildman–Crippen MR) is 148 cm³/mol. The van der Waals surface area contributed by atoms with E-state index in [1.807, 2.05) is 54.6 Å². The molecule has 5 nitrogen and oxygen atoms in total. The third-order valence-electron chi connectivity index (χ3n) is 5.53. The van der Waals surface area contributed by atoms with Crippen molar-refractivity contribution in [2.45, 2.75) is 19.3 Å². The van der Waals surface area contributed by atoms with Crippen molar-refractivity contribution in [1.29, 1.82) is 0 Å². The van der Waals surface area contributed by atoms with Crippen LogP contribution < -0.4 is 16.0 Å². The Hall–Kier alpha value is -3.80. The highest BCUT2D eigenvalue weighted by molar-refractivity contribution is 6.39. The number of rotatable bonds is 9. The molecule has 0 saturated carbocycles. The standard InChI is InChI=1S/C29H25Cl2N3O2/c30-24-10-6-11-25(31)29(24)34-26-12-5-4-9-21(26)19-28(36)33-23-16-14-22(15-17-23)32-27(35)18-13-20-7-2-1-3-8-20/h1-12,14-17,34H,13,18-19H2,(H,32,35)(H,33,36). The second-order valence-corrected chi connectivity index (χ2v) is 9.03. The topological polar surface area (TPSA) is 70.2 Å². The molecule has 0 fully saturated rings. The lowest BCUT2D eigenvalue weighted by atomic mass is 10.1. The van der Waals surface area contributed by atoms with E-state index in [-0.39, 0.29) is 18.2 Å². The van der Waals surface area contributed by atoms with Crippen LogP contribution in [0.3, 0.4) is 0 Å². The van der Waals surface area contributed by atoms with Crippen LogP contribution in [0.5, 0.6) is 0 Å². The number of benzene rings is 4. The molecular formula is C29H25Cl2N3O2. The van der Waals surface area contributed by atoms with Gasteiger partial charge in [0, 0.05) is 23.5 Å². The van der Waals surface area contributed by atoms with Gasteiger partial charge in [-0.25, -0.2) is 0 Å². The Labute approximate surface area is 220 Å². The summed E-state index contributed by atoms with van der Waals surface area (Å²) >= 11 is 12.6. The van der Waals surface area contributed by atoms with Crippen LogP contribution in [0.25, 0.3) is 0 Å². The van der Waals surface area contributed by atoms with Crippen LogP contribution in [0.2, 0.25) is 10.0 Å². The van der Waals surface area contributed by atoms with Gasteiger partial charge in [0.2, 0.25) is 11.8 Å². The smallest absolute Gasteiger partial charge is 0.228 e. The van der Waals surface area contributed by atoms with Crippen LogP contribution in [0.1, 0.15) is 17.5 Å². The Kier molecular flexibility index (Phi) is 8.61. The molecule has 0 aliphatic carbocycles. The molecule has 0 unspecified atom stereocenters. The van der Waals surface area contributed by atoms with E-state index in [9.17, 15) is 9.59 Å². The van der Waals surface area contributed by atoms with E-state index in [0.717, 1.165) is 16.8 Å². The summed E-state index contributed by atoms with van der Waals surface area (Å²) in [7, 11) is 0. The second kappa shape index (κ2) is 12.2. The molecular weight excluding hydrogens is 493 g/mol. The number of carbonyl (C=O) groups excluding carboxylic acids is 2. The molecule has 0 aliphatic rings. The Morgan fingerprint density at radius 3 is 1.89 bits per heavy atom. The van der Waals surface area contributed by atoms with Gasteiger partial charge in [0.05, 0.1) is 22.2 Å². The van der Waals surface area contributed by atoms with Crippen molar-refractivity contribution >= 4 is 57.8 Å². The fraction of sp³-hybridized carbons (Fsp3) is 0.103. The molecule has 0 aromatic heterocycles. The van der Waals surface area contributed by atoms with Gasteiger partial charge in [-0.05, 0) is 60.0 Å². The monoisotopic (exact) mass is 517 g/mol. The maximum Gasteiger partial charge on any atom is 0.228 e. The molecule has 0 saturated heterocycles. The third-order valence-corrected chi connectivity index (χ3v) is 6.16. The van der Waals surface area contributed by atoms with Gasteiger partial charge in [0.25, 0.3) is 0 Å². The first-order valence-electron chi connectivity index (χ1n) is 11.5. The number of anilines is 4. The molecule has 0 radical (unpaired) electrons. The summed E-state index contributed by atoms with van der Waals surface area (Å²) in [6, 6.07) is 29.7. The molecule has 0 aliphatic heterocycles. The molecule has 7 heteroatoms. The van der Waals surface area contributed by atoms with Gasteiger partial charge in [-0.1, -0.05) is 77.8 Å². The van der Waals surface area contributed by atoms with Crippen molar-refractivity contribution < 1.29 is 9.59 Å². The maximum atomic E-state index is 12.7. The first-order valence-corrected chi connectivity index (χ1v) is 12.3. The van der Waals surface area contributed by atoms with Gasteiger partial charge in [-0.2, -0.15) is 0 Å². The van der Waals surface area contributed by atoms with E-state index in [2.05, 4.69) is 16.0 Å². The van der Waals surface area contributed by atoms with Crippen LogP contribution in [0.15, 0.2) is 97.1 Å². The summed E-state index contributed by atoms with van der Waals surface area (Å²) < 4.78 is 0. The fourth-order valence-electron chi connectivity index (χ4n) is 3.69. The Balaban J connectivity index is 1.32. The number of carbonyl (C=O) groups is 2. The third kappa shape index (κ3) is 7.11. The number of hydrogen-bond donors (Lipinski definition) is 3. The predicted octanol–water partition coefficient (Wildman–Crippen LogP) is 7.49. The zero-order valence-electron chi connectivity index (χ0n) is 19.4. The highest BCUT2D eigenvalue weighted by atomic mass is 35.5. The number of aryl methyl sites for hydroxylation is 1. The van der Waals surface area contributed by atoms with Crippen LogP contribution in [0.4, 0.5) is 22.7 Å². The van der Waals surface area contributed by atoms with Crippen molar-refractivity contribution in [2.75, 3.05) is 16.0 Å². The molecule has 4 aromatic rings. The van der Waals surface area contributed by atoms with E-state index >= 15 is 0 Å². The summed E-state index contributed by atoms with van der Waals surface area (Å²) in [6.07, 6.45) is 1.23. The molecule has 4 aromatic carbocycles. The second-order valence-electron chi connectivity index (χ2n) is 8.21. The van der Waals surface area contributed by atoms with Gasteiger partial charge in [0.15, 0.2) is 0 Å². The van der Waals surface area contributed by atoms with E-state index in [0.29, 0.717) is 39.9 Å². The fourth-order valence-corrected chi connectivity index (χ4v) is 4.18. The lowest BCUT2D eigenvalue weighted by molar-refractivity contribution is -0.116. The van der Waals surface area contributed by atoms with Gasteiger partial charge in [-0.3, -0.25) is 9.59 Å². The van der Waals surface area contributed by atoms with Gasteiger partial charge in [0.1, 0.15) is 0 Å². The van der Waals surface area contributed by atoms with Crippen molar-refractivity contribution in [1.82, 2.24) is 0 Å². The van der Waals surface area contributed by atoms with E-state index in [1.54, 1.807) is 42.5 Å². The Morgan fingerprint density at radius 1 is 0.639 bits per heavy atom. The molecule has 4 rings (SSSR count). The Morgan fingerprint density at radius 2 is 1.22 bits per heavy atom. The molecule has 3 N–H and O–H groups in total. The van der Waals surface area contributed by atoms with Crippen molar-refractivity contribution in [3.05, 3.63) is 118 Å². The first kappa shape index (κ1) is 25.3. The van der Waals surface area contributed by atoms with Crippen molar-refractivity contribution in [3.63, 3.8) is 0 Å². The lowest BCUT2D eigenvalue weighted by Crippen LogP contribution is -2.15. The normalized spacial score (nSPS) is 10.5. The highest BCUT2D eigenvalue weighted by Gasteiger charge is 2.12. The number of para-hydroxylation sites is 2. The van der Waals surface area contributed by atoms with Crippen LogP contribution >= 0.6 is 23.2 Å². The van der Waals surface area contributed by atoms with E-state index < -0.39 is 0 Å². The lowest BCUT2D eigenvalue weighted by Gasteiger charge is -2.14. The number of nitrogens with one attached hydrogen (secondary N) is 3. The highest BCUT2D eigenvalue weighted by Crippen LogP contribution is 2.33. The molecule has 182 valence electrons. The number of hydrogen-bond acceptors (Lipinski definition) is 3. The van der Waals surface area contributed by atoms with Crippen molar-refractivity contribution in [2.24, 2.45) is 0 Å². The largest absolute Gasteiger partial charge is 0.353 e. The quantitative estimate of drug-likeness (QED) is 0.215. The SMILES string of the molecule is O=C(CCc1ccccc1)Nc1ccc(NC(=O)Cc2ccccc2Nc2c(Cl)cccc2Cl)cc1. The minimum Gasteiger partial charge on any atom is -0.353 e. The molecule has 0 heterocycles. The minimum absolute atomic E-state index is 0.0571. The zero-order valence-corrected chi connectivity index (χ0v) is 20.9. The minimum atomic E-state index is -0.172. The first-order chi connectivity index (χ1) is 17.5. The average Bonchev–Trinajstić information content (AvgIpc) is 2.88. The number of amides is 2. The van der Waals surface area contributed by atoms with Gasteiger partial charge >= 0.3 is 0 Å². The molecule has 36 heavy (non-hydrogen) atoms.